The fourth-order valence-electron chi connectivity index (χ4n) is 2.28. The second-order valence-corrected chi connectivity index (χ2v) is 4.58. The van der Waals surface area contributed by atoms with Crippen molar-refractivity contribution in [2.24, 2.45) is 5.10 Å². The lowest BCUT2D eigenvalue weighted by molar-refractivity contribution is 0.415. The Morgan fingerprint density at radius 3 is 2.47 bits per heavy atom. The zero-order valence-corrected chi connectivity index (χ0v) is 10.8. The molecule has 0 fully saturated rings. The van der Waals surface area contributed by atoms with Gasteiger partial charge in [0, 0.05) is 6.42 Å². The molecule has 0 saturated heterocycles. The first-order valence-electron chi connectivity index (χ1n) is 6.38. The van der Waals surface area contributed by atoms with Crippen molar-refractivity contribution in [1.29, 1.82) is 0 Å². The van der Waals surface area contributed by atoms with Crippen molar-refractivity contribution < 1.29 is 4.74 Å². The van der Waals surface area contributed by atoms with Gasteiger partial charge in [0.2, 0.25) is 0 Å². The Hall–Kier alpha value is -2.29. The van der Waals surface area contributed by atoms with Crippen molar-refractivity contribution in [1.82, 2.24) is 5.43 Å². The van der Waals surface area contributed by atoms with Gasteiger partial charge in [-0.2, -0.15) is 5.10 Å². The summed E-state index contributed by atoms with van der Waals surface area (Å²) in [4.78, 5) is 0. The van der Waals surface area contributed by atoms with Gasteiger partial charge in [-0.3, -0.25) is 0 Å². The molecule has 0 unspecified atom stereocenters. The second kappa shape index (κ2) is 5.14. The van der Waals surface area contributed by atoms with Gasteiger partial charge in [0.25, 0.3) is 0 Å². The molecule has 19 heavy (non-hydrogen) atoms. The maximum atomic E-state index is 5.17. The molecule has 3 rings (SSSR count). The van der Waals surface area contributed by atoms with E-state index in [-0.39, 0.29) is 6.04 Å². The molecule has 1 aliphatic rings. The molecular weight excluding hydrogens is 236 g/mol. The van der Waals surface area contributed by atoms with Crippen LogP contribution < -0.4 is 10.2 Å². The fourth-order valence-corrected chi connectivity index (χ4v) is 2.28. The SMILES string of the molecule is COc1ccc(C2=NN[C@H](c3ccccc3)C2)cc1. The van der Waals surface area contributed by atoms with Crippen molar-refractivity contribution in [3.63, 3.8) is 0 Å². The lowest BCUT2D eigenvalue weighted by Crippen LogP contribution is -2.09. The summed E-state index contributed by atoms with van der Waals surface area (Å²) >= 11 is 0. The van der Waals surface area contributed by atoms with E-state index < -0.39 is 0 Å². The number of benzene rings is 2. The molecule has 96 valence electrons. The third-order valence-electron chi connectivity index (χ3n) is 3.38. The Labute approximate surface area is 112 Å². The predicted molar refractivity (Wildman–Crippen MR) is 76.5 cm³/mol. The normalized spacial score (nSPS) is 17.7. The van der Waals surface area contributed by atoms with Crippen LogP contribution in [-0.4, -0.2) is 12.8 Å². The zero-order chi connectivity index (χ0) is 13.1. The minimum absolute atomic E-state index is 0.276. The Balaban J connectivity index is 1.74. The largest absolute Gasteiger partial charge is 0.497 e. The summed E-state index contributed by atoms with van der Waals surface area (Å²) in [7, 11) is 1.68. The van der Waals surface area contributed by atoms with Crippen LogP contribution in [-0.2, 0) is 0 Å². The topological polar surface area (TPSA) is 33.6 Å². The van der Waals surface area contributed by atoms with Crippen LogP contribution in [0.3, 0.4) is 0 Å². The van der Waals surface area contributed by atoms with Crippen molar-refractivity contribution in [3.8, 4) is 5.75 Å². The number of nitrogens with one attached hydrogen (secondary N) is 1. The average Bonchev–Trinajstić information content (AvgIpc) is 2.98. The third-order valence-corrected chi connectivity index (χ3v) is 3.38. The fraction of sp³-hybridized carbons (Fsp3) is 0.188. The molecule has 3 nitrogen and oxygen atoms in total. The van der Waals surface area contributed by atoms with Crippen LogP contribution in [0.1, 0.15) is 23.6 Å². The highest BCUT2D eigenvalue weighted by atomic mass is 16.5. The molecule has 0 spiro atoms. The van der Waals surface area contributed by atoms with Gasteiger partial charge in [0.05, 0.1) is 18.9 Å². The smallest absolute Gasteiger partial charge is 0.118 e. The van der Waals surface area contributed by atoms with Crippen LogP contribution in [0.5, 0.6) is 5.75 Å². The first kappa shape index (κ1) is 11.8. The van der Waals surface area contributed by atoms with E-state index in [9.17, 15) is 0 Å². The van der Waals surface area contributed by atoms with Gasteiger partial charge in [-0.1, -0.05) is 30.3 Å². The van der Waals surface area contributed by atoms with E-state index in [0.29, 0.717) is 0 Å². The van der Waals surface area contributed by atoms with Crippen LogP contribution in [0.25, 0.3) is 0 Å². The maximum Gasteiger partial charge on any atom is 0.118 e. The number of hydrazone groups is 1. The van der Waals surface area contributed by atoms with Gasteiger partial charge < -0.3 is 10.2 Å². The molecule has 2 aromatic rings. The molecule has 2 aromatic carbocycles. The van der Waals surface area contributed by atoms with Crippen LogP contribution in [0.4, 0.5) is 0 Å². The molecule has 0 bridgehead atoms. The average molecular weight is 252 g/mol. The van der Waals surface area contributed by atoms with Crippen molar-refractivity contribution >= 4 is 5.71 Å². The van der Waals surface area contributed by atoms with E-state index in [1.165, 1.54) is 5.56 Å². The van der Waals surface area contributed by atoms with Crippen LogP contribution >= 0.6 is 0 Å². The Morgan fingerprint density at radius 2 is 1.79 bits per heavy atom. The second-order valence-electron chi connectivity index (χ2n) is 4.58. The molecular formula is C16H16N2O. The van der Waals surface area contributed by atoms with E-state index in [2.05, 4.69) is 34.8 Å². The third kappa shape index (κ3) is 2.45. The quantitative estimate of drug-likeness (QED) is 0.910. The summed E-state index contributed by atoms with van der Waals surface area (Å²) in [5.74, 6) is 0.870. The van der Waals surface area contributed by atoms with Gasteiger partial charge in [-0.05, 0) is 35.4 Å². The van der Waals surface area contributed by atoms with Crippen LogP contribution in [0.15, 0.2) is 59.7 Å². The minimum Gasteiger partial charge on any atom is -0.497 e. The van der Waals surface area contributed by atoms with Gasteiger partial charge in [0.15, 0.2) is 0 Å². The molecule has 0 aliphatic carbocycles. The van der Waals surface area contributed by atoms with Crippen LogP contribution in [0.2, 0.25) is 0 Å². The molecule has 0 saturated carbocycles. The first-order chi connectivity index (χ1) is 9.36. The highest BCUT2D eigenvalue weighted by molar-refractivity contribution is 6.01. The van der Waals surface area contributed by atoms with Gasteiger partial charge in [0.1, 0.15) is 5.75 Å². The number of methoxy groups -OCH3 is 1. The summed E-state index contributed by atoms with van der Waals surface area (Å²) in [6.07, 6.45) is 0.913. The summed E-state index contributed by atoms with van der Waals surface area (Å²) in [5.41, 5.74) is 6.72. The number of rotatable bonds is 3. The van der Waals surface area contributed by atoms with E-state index in [4.69, 9.17) is 4.74 Å². The summed E-state index contributed by atoms with van der Waals surface area (Å²) in [5, 5.41) is 4.45. The molecule has 1 atom stereocenters. The maximum absolute atomic E-state index is 5.17. The van der Waals surface area contributed by atoms with Crippen molar-refractivity contribution in [2.75, 3.05) is 7.11 Å². The predicted octanol–water partition coefficient (Wildman–Crippen LogP) is 3.13. The highest BCUT2D eigenvalue weighted by Crippen LogP contribution is 2.24. The Bertz CT molecular complexity index is 575. The number of ether oxygens (including phenoxy) is 1. The Morgan fingerprint density at radius 1 is 1.05 bits per heavy atom. The standard InChI is InChI=1S/C16H16N2O/c1-19-14-9-7-13(8-10-14)16-11-15(17-18-16)12-5-3-2-4-6-12/h2-10,15,17H,11H2,1H3/t15-/m0/s1. The molecule has 0 aromatic heterocycles. The van der Waals surface area contributed by atoms with E-state index in [1.807, 2.05) is 30.3 Å². The van der Waals surface area contributed by atoms with Gasteiger partial charge in [-0.15, -0.1) is 0 Å². The molecule has 1 aliphatic heterocycles. The lowest BCUT2D eigenvalue weighted by atomic mass is 9.99. The summed E-state index contributed by atoms with van der Waals surface area (Å²) in [6.45, 7) is 0. The van der Waals surface area contributed by atoms with Crippen LogP contribution in [0, 0.1) is 0 Å². The van der Waals surface area contributed by atoms with E-state index in [1.54, 1.807) is 7.11 Å². The zero-order valence-electron chi connectivity index (χ0n) is 10.8. The number of hydrogen-bond donors (Lipinski definition) is 1. The van der Waals surface area contributed by atoms with E-state index >= 15 is 0 Å². The molecule has 0 amide bonds. The number of nitrogens with zero attached hydrogens (tertiary/aromatic N) is 1. The molecule has 1 heterocycles. The van der Waals surface area contributed by atoms with Gasteiger partial charge >= 0.3 is 0 Å². The van der Waals surface area contributed by atoms with Crippen molar-refractivity contribution in [3.05, 3.63) is 65.7 Å². The number of hydrogen-bond acceptors (Lipinski definition) is 3. The highest BCUT2D eigenvalue weighted by Gasteiger charge is 2.20. The lowest BCUT2D eigenvalue weighted by Gasteiger charge is -2.09. The monoisotopic (exact) mass is 252 g/mol. The Kier molecular flexibility index (Phi) is 3.19. The summed E-state index contributed by atoms with van der Waals surface area (Å²) in [6, 6.07) is 18.7. The van der Waals surface area contributed by atoms with Gasteiger partial charge in [-0.25, -0.2) is 0 Å². The molecule has 3 heteroatoms. The van der Waals surface area contributed by atoms with Crippen molar-refractivity contribution in [2.45, 2.75) is 12.5 Å². The summed E-state index contributed by atoms with van der Waals surface area (Å²) < 4.78 is 5.17. The first-order valence-corrected chi connectivity index (χ1v) is 6.38. The molecule has 0 radical (unpaired) electrons. The van der Waals surface area contributed by atoms with E-state index in [0.717, 1.165) is 23.4 Å². The minimum atomic E-state index is 0.276. The molecule has 1 N–H and O–H groups in total.